The smallest absolute Gasteiger partial charge is 0.222 e. The van der Waals surface area contributed by atoms with Crippen LogP contribution in [0, 0.1) is 0 Å². The number of carbonyl (C=O) groups is 1. The molecule has 140 valence electrons. The molecule has 4 atom stereocenters. The molecule has 3 rings (SSSR count). The quantitative estimate of drug-likeness (QED) is 0.343. The van der Waals surface area contributed by atoms with Gasteiger partial charge in [-0.25, -0.2) is 14.4 Å². The van der Waals surface area contributed by atoms with Crippen molar-refractivity contribution in [3.63, 3.8) is 0 Å². The fourth-order valence-corrected chi connectivity index (χ4v) is 3.08. The minimum Gasteiger partial charge on any atom is -0.411 e. The molecule has 2 aromatic rings. The Hall–Kier alpha value is -2.63. The average molecular weight is 367 g/mol. The average Bonchev–Trinajstić information content (AvgIpc) is 3.04. The molecule has 11 heteroatoms. The number of hydrogen-bond acceptors (Lipinski definition) is 8. The number of anilines is 1. The van der Waals surface area contributed by atoms with E-state index in [0.717, 1.165) is 13.1 Å². The Morgan fingerprint density at radius 1 is 1.58 bits per heavy atom. The molecule has 26 heavy (non-hydrogen) atoms. The molecule has 0 aliphatic carbocycles. The van der Waals surface area contributed by atoms with Crippen molar-refractivity contribution in [2.75, 3.05) is 11.9 Å². The van der Waals surface area contributed by atoms with Crippen molar-refractivity contribution in [1.29, 1.82) is 0 Å². The van der Waals surface area contributed by atoms with Crippen LogP contribution in [-0.4, -0.2) is 66.6 Å². The maximum Gasteiger partial charge on any atom is 0.222 e. The highest BCUT2D eigenvalue weighted by Crippen LogP contribution is 2.43. The number of ether oxygens (including phenoxy) is 1. The van der Waals surface area contributed by atoms with Gasteiger partial charge < -0.3 is 30.0 Å². The van der Waals surface area contributed by atoms with Gasteiger partial charge in [0.15, 0.2) is 11.9 Å². The van der Waals surface area contributed by atoms with Crippen molar-refractivity contribution < 1.29 is 29.3 Å². The van der Waals surface area contributed by atoms with E-state index in [4.69, 9.17) is 9.94 Å². The molecule has 1 aliphatic heterocycles. The van der Waals surface area contributed by atoms with Crippen LogP contribution in [0.4, 0.5) is 10.2 Å². The third-order valence-electron chi connectivity index (χ3n) is 4.28. The highest BCUT2D eigenvalue weighted by atomic mass is 19.1. The first-order valence-corrected chi connectivity index (χ1v) is 7.75. The van der Waals surface area contributed by atoms with Crippen molar-refractivity contribution >= 4 is 29.0 Å². The van der Waals surface area contributed by atoms with Gasteiger partial charge in [0.05, 0.1) is 18.2 Å². The number of nitrogens with zero attached hydrogens (tertiary/aromatic N) is 4. The summed E-state index contributed by atoms with van der Waals surface area (Å²) in [6.07, 6.45) is -0.315. The number of alkyl halides is 1. The molecule has 1 fully saturated rings. The summed E-state index contributed by atoms with van der Waals surface area (Å²) in [6, 6.07) is 0. The number of halogens is 1. The molecule has 0 spiro atoms. The maximum absolute atomic E-state index is 15.1. The highest BCUT2D eigenvalue weighted by Gasteiger charge is 2.55. The van der Waals surface area contributed by atoms with Crippen LogP contribution in [0.25, 0.3) is 11.0 Å². The number of hydrogen-bond donors (Lipinski definition) is 4. The van der Waals surface area contributed by atoms with E-state index in [2.05, 4.69) is 20.4 Å². The summed E-state index contributed by atoms with van der Waals surface area (Å²) in [4.78, 5) is 19.5. The van der Waals surface area contributed by atoms with Crippen LogP contribution in [-0.2, 0) is 9.53 Å². The SMILES string of the molecule is CC(=O)Nc1ncnc2c1c(/C=N/O)cn2[C@@H]1O[C@H](CO)[C@@H](O)[C@@]1(C)F. The predicted molar refractivity (Wildman–Crippen MR) is 87.7 cm³/mol. The van der Waals surface area contributed by atoms with Gasteiger partial charge in [0.2, 0.25) is 5.91 Å². The molecule has 10 nitrogen and oxygen atoms in total. The number of rotatable bonds is 4. The first-order valence-electron chi connectivity index (χ1n) is 7.75. The minimum atomic E-state index is -2.23. The Morgan fingerprint density at radius 3 is 2.88 bits per heavy atom. The normalized spacial score (nSPS) is 28.9. The second-order valence-corrected chi connectivity index (χ2v) is 6.14. The molecule has 0 bridgehead atoms. The van der Waals surface area contributed by atoms with Crippen molar-refractivity contribution in [2.45, 2.75) is 38.0 Å². The van der Waals surface area contributed by atoms with E-state index in [1.165, 1.54) is 24.0 Å². The third kappa shape index (κ3) is 2.79. The molecule has 2 aromatic heterocycles. The van der Waals surface area contributed by atoms with Gasteiger partial charge in [-0.2, -0.15) is 0 Å². The molecule has 3 heterocycles. The summed E-state index contributed by atoms with van der Waals surface area (Å²) in [6.45, 7) is 1.89. The van der Waals surface area contributed by atoms with Crippen molar-refractivity contribution in [3.8, 4) is 0 Å². The number of amides is 1. The lowest BCUT2D eigenvalue weighted by molar-refractivity contribution is -0.114. The van der Waals surface area contributed by atoms with Gasteiger partial charge in [-0.05, 0) is 6.92 Å². The third-order valence-corrected chi connectivity index (χ3v) is 4.28. The summed E-state index contributed by atoms with van der Waals surface area (Å²) in [7, 11) is 0. The van der Waals surface area contributed by atoms with Crippen LogP contribution >= 0.6 is 0 Å². The van der Waals surface area contributed by atoms with Crippen LogP contribution in [0.1, 0.15) is 25.6 Å². The predicted octanol–water partition coefficient (Wildman–Crippen LogP) is 0.177. The van der Waals surface area contributed by atoms with Crippen molar-refractivity contribution in [3.05, 3.63) is 18.1 Å². The molecular weight excluding hydrogens is 349 g/mol. The Bertz CT molecular complexity index is 867. The lowest BCUT2D eigenvalue weighted by Gasteiger charge is -2.25. The summed E-state index contributed by atoms with van der Waals surface area (Å²) >= 11 is 0. The summed E-state index contributed by atoms with van der Waals surface area (Å²) in [5.74, 6) is -0.234. The molecule has 0 unspecified atom stereocenters. The number of fused-ring (bicyclic) bond motifs is 1. The standard InChI is InChI=1S/C15H18FN5O5/c1-7(23)20-12-10-8(3-19-25)4-21(13(10)18-6-17-12)14-15(2,16)11(24)9(5-22)26-14/h3-4,6,9,11,14,22,24-25H,5H2,1-2H3,(H,17,18,20,23)/b19-3+/t9-,11-,14-,15-/m1/s1. The van der Waals surface area contributed by atoms with Gasteiger partial charge in [0, 0.05) is 18.7 Å². The Morgan fingerprint density at radius 2 is 2.31 bits per heavy atom. The molecule has 0 saturated carbocycles. The Labute approximate surface area is 146 Å². The lowest BCUT2D eigenvalue weighted by Crippen LogP contribution is -2.40. The van der Waals surface area contributed by atoms with Crippen molar-refractivity contribution in [2.24, 2.45) is 5.16 Å². The zero-order valence-electron chi connectivity index (χ0n) is 14.0. The van der Waals surface area contributed by atoms with Gasteiger partial charge in [-0.1, -0.05) is 5.16 Å². The fraction of sp³-hybridized carbons (Fsp3) is 0.467. The molecule has 1 aliphatic rings. The number of aliphatic hydroxyl groups excluding tert-OH is 2. The van der Waals surface area contributed by atoms with Gasteiger partial charge >= 0.3 is 0 Å². The minimum absolute atomic E-state index is 0.147. The van der Waals surface area contributed by atoms with Crippen LogP contribution in [0.5, 0.6) is 0 Å². The van der Waals surface area contributed by atoms with Gasteiger partial charge in [0.25, 0.3) is 0 Å². The summed E-state index contributed by atoms with van der Waals surface area (Å²) in [5, 5.41) is 34.1. The van der Waals surface area contributed by atoms with E-state index >= 15 is 4.39 Å². The number of oxime groups is 1. The van der Waals surface area contributed by atoms with E-state index in [-0.39, 0.29) is 17.4 Å². The Balaban J connectivity index is 2.20. The van der Waals surface area contributed by atoms with Crippen LogP contribution < -0.4 is 5.32 Å². The van der Waals surface area contributed by atoms with E-state index < -0.39 is 30.7 Å². The van der Waals surface area contributed by atoms with Gasteiger partial charge in [0.1, 0.15) is 30.0 Å². The number of carbonyl (C=O) groups excluding carboxylic acids is 1. The van der Waals surface area contributed by atoms with Crippen molar-refractivity contribution in [1.82, 2.24) is 14.5 Å². The molecule has 4 N–H and O–H groups in total. The molecular formula is C15H18FN5O5. The zero-order chi connectivity index (χ0) is 19.1. The zero-order valence-corrected chi connectivity index (χ0v) is 14.0. The topological polar surface area (TPSA) is 142 Å². The summed E-state index contributed by atoms with van der Waals surface area (Å²) < 4.78 is 21.9. The molecule has 0 aromatic carbocycles. The summed E-state index contributed by atoms with van der Waals surface area (Å²) in [5.41, 5.74) is -1.74. The molecule has 0 radical (unpaired) electrons. The first kappa shape index (κ1) is 18.2. The number of nitrogens with one attached hydrogen (secondary N) is 1. The van der Waals surface area contributed by atoms with E-state index in [9.17, 15) is 15.0 Å². The number of aliphatic hydroxyl groups is 2. The van der Waals surface area contributed by atoms with Gasteiger partial charge in [-0.3, -0.25) is 4.79 Å². The molecule has 1 amide bonds. The van der Waals surface area contributed by atoms with E-state index in [1.807, 2.05) is 0 Å². The molecule has 1 saturated heterocycles. The first-order chi connectivity index (χ1) is 12.3. The lowest BCUT2D eigenvalue weighted by atomic mass is 9.98. The van der Waals surface area contributed by atoms with Crippen LogP contribution in [0.3, 0.4) is 0 Å². The second kappa shape index (κ2) is 6.59. The number of aromatic nitrogens is 3. The largest absolute Gasteiger partial charge is 0.411 e. The van der Waals surface area contributed by atoms with E-state index in [1.54, 1.807) is 0 Å². The maximum atomic E-state index is 15.1. The van der Waals surface area contributed by atoms with Crippen LogP contribution in [0.2, 0.25) is 0 Å². The Kier molecular flexibility index (Phi) is 4.61. The van der Waals surface area contributed by atoms with Gasteiger partial charge in [-0.15, -0.1) is 0 Å². The van der Waals surface area contributed by atoms with Crippen LogP contribution in [0.15, 0.2) is 17.7 Å². The monoisotopic (exact) mass is 367 g/mol. The second-order valence-electron chi connectivity index (χ2n) is 6.14. The fourth-order valence-electron chi connectivity index (χ4n) is 3.08. The highest BCUT2D eigenvalue weighted by molar-refractivity contribution is 6.06. The van der Waals surface area contributed by atoms with E-state index in [0.29, 0.717) is 10.9 Å².